The van der Waals surface area contributed by atoms with E-state index >= 15 is 0 Å². The van der Waals surface area contributed by atoms with E-state index in [4.69, 9.17) is 15.6 Å². The number of aliphatic hydroxyl groups is 4. The van der Waals surface area contributed by atoms with Crippen LogP contribution in [0.3, 0.4) is 0 Å². The van der Waals surface area contributed by atoms with Crippen LogP contribution in [0.5, 0.6) is 0 Å². The van der Waals surface area contributed by atoms with Crippen LogP contribution in [0.4, 0.5) is 0 Å². The Hall–Kier alpha value is -0.240. The fourth-order valence-electron chi connectivity index (χ4n) is 1.74. The average Bonchev–Trinajstić information content (AvgIpc) is 2.18. The minimum absolute atomic E-state index is 0.188. The molecule has 6 heteroatoms. The zero-order valence-corrected chi connectivity index (χ0v) is 8.65. The zero-order chi connectivity index (χ0) is 11.6. The first-order valence-electron chi connectivity index (χ1n) is 5.03. The highest BCUT2D eigenvalue weighted by Crippen LogP contribution is 2.23. The van der Waals surface area contributed by atoms with Gasteiger partial charge in [-0.2, -0.15) is 0 Å². The highest BCUT2D eigenvalue weighted by atomic mass is 16.5. The molecule has 0 radical (unpaired) electrons. The molecule has 6 N–H and O–H groups in total. The summed E-state index contributed by atoms with van der Waals surface area (Å²) in [5, 5.41) is 37.4. The Morgan fingerprint density at radius 2 is 1.67 bits per heavy atom. The molecule has 0 saturated carbocycles. The van der Waals surface area contributed by atoms with Crippen LogP contribution in [0.25, 0.3) is 0 Å². The maximum absolute atomic E-state index is 9.60. The Labute approximate surface area is 88.3 Å². The third kappa shape index (κ3) is 2.87. The predicted molar refractivity (Wildman–Crippen MR) is 52.0 cm³/mol. The SMILES string of the molecule is CC(N)C[C@H]1O[C@H](CO)[C@H](O)[C@H](O)[C@H]1O. The summed E-state index contributed by atoms with van der Waals surface area (Å²) in [6.07, 6.45) is -4.91. The first-order chi connectivity index (χ1) is 6.97. The zero-order valence-electron chi connectivity index (χ0n) is 8.65. The Balaban J connectivity index is 2.65. The van der Waals surface area contributed by atoms with Crippen molar-refractivity contribution in [3.05, 3.63) is 0 Å². The van der Waals surface area contributed by atoms with Crippen molar-refractivity contribution in [2.75, 3.05) is 6.61 Å². The van der Waals surface area contributed by atoms with Gasteiger partial charge in [-0.1, -0.05) is 0 Å². The third-order valence-corrected chi connectivity index (χ3v) is 2.60. The van der Waals surface area contributed by atoms with Crippen LogP contribution in [-0.2, 0) is 4.74 Å². The van der Waals surface area contributed by atoms with E-state index in [9.17, 15) is 15.3 Å². The van der Waals surface area contributed by atoms with Crippen LogP contribution in [-0.4, -0.2) is 63.6 Å². The van der Waals surface area contributed by atoms with Crippen molar-refractivity contribution in [3.8, 4) is 0 Å². The molecule has 90 valence electrons. The number of rotatable bonds is 3. The van der Waals surface area contributed by atoms with Crippen molar-refractivity contribution in [2.24, 2.45) is 5.73 Å². The summed E-state index contributed by atoms with van der Waals surface area (Å²) in [7, 11) is 0. The second-order valence-electron chi connectivity index (χ2n) is 4.08. The van der Waals surface area contributed by atoms with Gasteiger partial charge in [-0.3, -0.25) is 0 Å². The van der Waals surface area contributed by atoms with Crippen molar-refractivity contribution in [3.63, 3.8) is 0 Å². The summed E-state index contributed by atoms with van der Waals surface area (Å²) >= 11 is 0. The van der Waals surface area contributed by atoms with Gasteiger partial charge in [0, 0.05) is 6.04 Å². The van der Waals surface area contributed by atoms with E-state index < -0.39 is 37.1 Å². The minimum Gasteiger partial charge on any atom is -0.394 e. The van der Waals surface area contributed by atoms with Crippen LogP contribution in [0.15, 0.2) is 0 Å². The molecule has 0 spiro atoms. The number of aliphatic hydroxyl groups excluding tert-OH is 4. The molecule has 0 aromatic heterocycles. The largest absolute Gasteiger partial charge is 0.394 e. The number of ether oxygens (including phenoxy) is 1. The maximum atomic E-state index is 9.60. The van der Waals surface area contributed by atoms with Gasteiger partial charge in [0.15, 0.2) is 0 Å². The van der Waals surface area contributed by atoms with Crippen LogP contribution in [0.2, 0.25) is 0 Å². The first kappa shape index (κ1) is 12.8. The Bertz CT molecular complexity index is 199. The van der Waals surface area contributed by atoms with E-state index in [0.29, 0.717) is 6.42 Å². The molecule has 0 aromatic carbocycles. The number of hydrogen-bond donors (Lipinski definition) is 5. The van der Waals surface area contributed by atoms with E-state index in [1.807, 2.05) is 0 Å². The van der Waals surface area contributed by atoms with Crippen molar-refractivity contribution >= 4 is 0 Å². The van der Waals surface area contributed by atoms with Crippen molar-refractivity contribution in [2.45, 2.75) is 49.9 Å². The van der Waals surface area contributed by atoms with E-state index in [0.717, 1.165) is 0 Å². The molecule has 1 fully saturated rings. The fourth-order valence-corrected chi connectivity index (χ4v) is 1.74. The van der Waals surface area contributed by atoms with Crippen LogP contribution in [0.1, 0.15) is 13.3 Å². The molecule has 0 amide bonds. The number of hydrogen-bond acceptors (Lipinski definition) is 6. The molecule has 0 aromatic rings. The highest BCUT2D eigenvalue weighted by molar-refractivity contribution is 4.92. The predicted octanol–water partition coefficient (Wildman–Crippen LogP) is -2.43. The molecule has 1 rings (SSSR count). The maximum Gasteiger partial charge on any atom is 0.111 e. The molecule has 0 aliphatic carbocycles. The van der Waals surface area contributed by atoms with Crippen molar-refractivity contribution < 1.29 is 25.2 Å². The van der Waals surface area contributed by atoms with Gasteiger partial charge >= 0.3 is 0 Å². The summed E-state index contributed by atoms with van der Waals surface area (Å²) in [6.45, 7) is 1.35. The smallest absolute Gasteiger partial charge is 0.111 e. The van der Waals surface area contributed by atoms with E-state index in [-0.39, 0.29) is 6.04 Å². The van der Waals surface area contributed by atoms with Gasteiger partial charge in [0.1, 0.15) is 24.4 Å². The summed E-state index contributed by atoms with van der Waals surface area (Å²) < 4.78 is 5.25. The van der Waals surface area contributed by atoms with Gasteiger partial charge in [-0.15, -0.1) is 0 Å². The van der Waals surface area contributed by atoms with Gasteiger partial charge in [0.25, 0.3) is 0 Å². The molecular weight excluding hydrogens is 202 g/mol. The van der Waals surface area contributed by atoms with Gasteiger partial charge in [0.05, 0.1) is 12.7 Å². The first-order valence-corrected chi connectivity index (χ1v) is 5.03. The summed E-state index contributed by atoms with van der Waals surface area (Å²) in [4.78, 5) is 0. The van der Waals surface area contributed by atoms with E-state index in [1.165, 1.54) is 0 Å². The monoisotopic (exact) mass is 221 g/mol. The highest BCUT2D eigenvalue weighted by Gasteiger charge is 2.43. The Morgan fingerprint density at radius 1 is 1.13 bits per heavy atom. The van der Waals surface area contributed by atoms with Crippen LogP contribution < -0.4 is 5.73 Å². The lowest BCUT2D eigenvalue weighted by Crippen LogP contribution is -2.59. The van der Waals surface area contributed by atoms with Gasteiger partial charge in [0.2, 0.25) is 0 Å². The third-order valence-electron chi connectivity index (χ3n) is 2.60. The Kier molecular flexibility index (Phi) is 4.45. The summed E-state index contributed by atoms with van der Waals surface area (Å²) in [6, 6.07) is -0.188. The minimum atomic E-state index is -1.31. The Morgan fingerprint density at radius 3 is 2.13 bits per heavy atom. The fraction of sp³-hybridized carbons (Fsp3) is 1.00. The lowest BCUT2D eigenvalue weighted by Gasteiger charge is -2.40. The van der Waals surface area contributed by atoms with E-state index in [2.05, 4.69) is 0 Å². The van der Waals surface area contributed by atoms with Crippen molar-refractivity contribution in [1.29, 1.82) is 0 Å². The van der Waals surface area contributed by atoms with Gasteiger partial charge in [-0.25, -0.2) is 0 Å². The molecular formula is C9H19NO5. The molecule has 1 heterocycles. The molecule has 1 aliphatic rings. The summed E-state index contributed by atoms with van der Waals surface area (Å²) in [5.41, 5.74) is 5.55. The molecule has 15 heavy (non-hydrogen) atoms. The molecule has 6 nitrogen and oxygen atoms in total. The second kappa shape index (κ2) is 5.20. The van der Waals surface area contributed by atoms with E-state index in [1.54, 1.807) is 6.92 Å². The van der Waals surface area contributed by atoms with Crippen LogP contribution >= 0.6 is 0 Å². The molecule has 1 saturated heterocycles. The van der Waals surface area contributed by atoms with Crippen LogP contribution in [0, 0.1) is 0 Å². The lowest BCUT2D eigenvalue weighted by atomic mass is 9.92. The van der Waals surface area contributed by atoms with Gasteiger partial charge in [-0.05, 0) is 13.3 Å². The molecule has 0 bridgehead atoms. The molecule has 1 aliphatic heterocycles. The second-order valence-corrected chi connectivity index (χ2v) is 4.08. The average molecular weight is 221 g/mol. The van der Waals surface area contributed by atoms with Gasteiger partial charge < -0.3 is 30.9 Å². The van der Waals surface area contributed by atoms with Crippen molar-refractivity contribution in [1.82, 2.24) is 0 Å². The quantitative estimate of drug-likeness (QED) is 0.362. The normalized spacial score (nSPS) is 44.0. The standard InChI is InChI=1S/C9H19NO5/c1-4(10)2-5-7(12)9(14)8(13)6(3-11)15-5/h4-9,11-14H,2-3,10H2,1H3/t4?,5-,6-,7+,8+,9-/m1/s1. The number of nitrogens with two attached hydrogens (primary N) is 1. The lowest BCUT2D eigenvalue weighted by molar-refractivity contribution is -0.230. The molecule has 6 atom stereocenters. The topological polar surface area (TPSA) is 116 Å². The molecule has 1 unspecified atom stereocenters. The summed E-state index contributed by atoms with van der Waals surface area (Å²) in [5.74, 6) is 0.